The Morgan fingerprint density at radius 2 is 1.40 bits per heavy atom. The molecule has 224 valence electrons. The van der Waals surface area contributed by atoms with Crippen LogP contribution >= 0.6 is 0 Å². The predicted octanol–water partition coefficient (Wildman–Crippen LogP) is 7.13. The Morgan fingerprint density at radius 1 is 0.786 bits per heavy atom. The van der Waals surface area contributed by atoms with Gasteiger partial charge in [-0.3, -0.25) is 4.79 Å². The van der Waals surface area contributed by atoms with E-state index in [4.69, 9.17) is 14.2 Å². The Hall–Kier alpha value is -3.15. The van der Waals surface area contributed by atoms with Crippen LogP contribution in [-0.4, -0.2) is 37.2 Å². The van der Waals surface area contributed by atoms with Crippen molar-refractivity contribution in [3.8, 4) is 0 Å². The lowest BCUT2D eigenvalue weighted by Gasteiger charge is -2.60. The molecule has 0 unspecified atom stereocenters. The zero-order chi connectivity index (χ0) is 29.4. The van der Waals surface area contributed by atoms with E-state index in [0.717, 1.165) is 51.4 Å². The first-order valence-corrected chi connectivity index (χ1v) is 15.9. The molecule has 0 spiro atoms. The minimum Gasteiger partial charge on any atom is -0.469 e. The summed E-state index contributed by atoms with van der Waals surface area (Å²) in [5, 5.41) is 0. The van der Waals surface area contributed by atoms with Gasteiger partial charge < -0.3 is 14.2 Å². The average Bonchev–Trinajstić information content (AvgIpc) is 3.47. The van der Waals surface area contributed by atoms with Gasteiger partial charge in [-0.25, -0.2) is 9.59 Å². The molecule has 0 saturated heterocycles. The lowest BCUT2D eigenvalue weighted by atomic mass is 9.46. The van der Waals surface area contributed by atoms with E-state index in [2.05, 4.69) is 6.92 Å². The highest BCUT2D eigenvalue weighted by Crippen LogP contribution is 2.65. The van der Waals surface area contributed by atoms with Crippen LogP contribution in [0.25, 0.3) is 0 Å². The highest BCUT2D eigenvalue weighted by atomic mass is 16.5. The second-order valence-electron chi connectivity index (χ2n) is 13.6. The fourth-order valence-electron chi connectivity index (χ4n) is 9.65. The smallest absolute Gasteiger partial charge is 0.338 e. The molecule has 0 amide bonds. The molecule has 4 fully saturated rings. The summed E-state index contributed by atoms with van der Waals surface area (Å²) in [5.41, 5.74) is 1.28. The maximum absolute atomic E-state index is 13.4. The summed E-state index contributed by atoms with van der Waals surface area (Å²) >= 11 is 0. The number of carbonyl (C=O) groups is 3. The van der Waals surface area contributed by atoms with Crippen LogP contribution in [0.1, 0.15) is 85.9 Å². The molecule has 0 N–H and O–H groups in total. The van der Waals surface area contributed by atoms with E-state index in [-0.39, 0.29) is 53.3 Å². The first-order chi connectivity index (χ1) is 20.3. The van der Waals surface area contributed by atoms with Gasteiger partial charge in [0.2, 0.25) is 0 Å². The molecule has 0 radical (unpaired) electrons. The standard InChI is InChI=1S/C36H44O6/c1-22(33(37)40-3)27-16-17-29-28-15-14-25-20-26(41-34(38)23-10-6-4-7-11-23)18-19-36(25,2)30(28)21-31(32(27)29)42-35(39)24-12-8-5-9-13-24/h4-13,22,25-32H,14-21H2,1-3H3/t22-,25-,26-,27+,28+,29-,30-,31+,32-,36+/m1/s1. The Morgan fingerprint density at radius 3 is 2.05 bits per heavy atom. The summed E-state index contributed by atoms with van der Waals surface area (Å²) in [6.07, 6.45) is 7.60. The molecule has 0 aliphatic heterocycles. The molecule has 2 aromatic rings. The molecule has 0 heterocycles. The third-order valence-electron chi connectivity index (χ3n) is 11.8. The SMILES string of the molecule is COC(=O)[C@H](C)[C@@H]1CC[C@@H]2[C@@H]3CC[C@@H]4C[C@H](OC(=O)c5ccccc5)CC[C@]4(C)[C@@H]3C[C@H](OC(=O)c3ccccc3)[C@@H]21. The fourth-order valence-corrected chi connectivity index (χ4v) is 9.65. The summed E-state index contributed by atoms with van der Waals surface area (Å²) in [6, 6.07) is 18.5. The predicted molar refractivity (Wildman–Crippen MR) is 158 cm³/mol. The van der Waals surface area contributed by atoms with Gasteiger partial charge in [0.1, 0.15) is 12.2 Å². The van der Waals surface area contributed by atoms with Crippen LogP contribution in [-0.2, 0) is 19.0 Å². The van der Waals surface area contributed by atoms with Crippen LogP contribution in [0.2, 0.25) is 0 Å². The molecule has 4 saturated carbocycles. The average molecular weight is 573 g/mol. The Balaban J connectivity index is 1.23. The zero-order valence-electron chi connectivity index (χ0n) is 25.1. The molecular weight excluding hydrogens is 528 g/mol. The molecule has 10 atom stereocenters. The number of carbonyl (C=O) groups excluding carboxylic acids is 3. The minimum atomic E-state index is -0.275. The van der Waals surface area contributed by atoms with E-state index < -0.39 is 0 Å². The number of methoxy groups -OCH3 is 1. The van der Waals surface area contributed by atoms with Gasteiger partial charge in [-0.1, -0.05) is 50.2 Å². The normalized spacial score (nSPS) is 36.0. The van der Waals surface area contributed by atoms with Crippen LogP contribution in [0.4, 0.5) is 0 Å². The van der Waals surface area contributed by atoms with E-state index in [1.165, 1.54) is 7.11 Å². The van der Waals surface area contributed by atoms with Gasteiger partial charge in [-0.05, 0) is 111 Å². The van der Waals surface area contributed by atoms with Crippen molar-refractivity contribution < 1.29 is 28.6 Å². The van der Waals surface area contributed by atoms with Crippen molar-refractivity contribution in [3.05, 3.63) is 71.8 Å². The van der Waals surface area contributed by atoms with Crippen molar-refractivity contribution in [1.82, 2.24) is 0 Å². The van der Waals surface area contributed by atoms with E-state index >= 15 is 0 Å². The lowest BCUT2D eigenvalue weighted by Crippen LogP contribution is -2.56. The van der Waals surface area contributed by atoms with Gasteiger partial charge in [-0.2, -0.15) is 0 Å². The number of esters is 3. The maximum Gasteiger partial charge on any atom is 0.338 e. The fraction of sp³-hybridized carbons (Fsp3) is 0.583. The summed E-state index contributed by atoms with van der Waals surface area (Å²) in [7, 11) is 1.46. The molecule has 4 aliphatic rings. The highest BCUT2D eigenvalue weighted by Gasteiger charge is 2.61. The summed E-state index contributed by atoms with van der Waals surface area (Å²) in [4.78, 5) is 38.9. The number of rotatable bonds is 6. The molecule has 6 nitrogen and oxygen atoms in total. The van der Waals surface area contributed by atoms with Gasteiger partial charge in [0.15, 0.2) is 0 Å². The molecule has 4 aliphatic carbocycles. The quantitative estimate of drug-likeness (QED) is 0.271. The number of benzene rings is 2. The van der Waals surface area contributed by atoms with Gasteiger partial charge in [0, 0.05) is 5.92 Å². The third kappa shape index (κ3) is 5.26. The van der Waals surface area contributed by atoms with Gasteiger partial charge >= 0.3 is 17.9 Å². The van der Waals surface area contributed by atoms with E-state index in [1.807, 2.05) is 67.6 Å². The minimum absolute atomic E-state index is 0.0628. The maximum atomic E-state index is 13.4. The summed E-state index contributed by atoms with van der Waals surface area (Å²) in [6.45, 7) is 4.43. The van der Waals surface area contributed by atoms with Crippen molar-refractivity contribution in [3.63, 3.8) is 0 Å². The zero-order valence-corrected chi connectivity index (χ0v) is 25.1. The topological polar surface area (TPSA) is 78.9 Å². The number of hydrogen-bond donors (Lipinski definition) is 0. The molecule has 0 aromatic heterocycles. The Bertz CT molecular complexity index is 1280. The van der Waals surface area contributed by atoms with Crippen molar-refractivity contribution in [2.45, 2.75) is 77.4 Å². The number of hydrogen-bond acceptors (Lipinski definition) is 6. The molecule has 0 bridgehead atoms. The molecule has 6 rings (SSSR count). The van der Waals surface area contributed by atoms with E-state index in [9.17, 15) is 14.4 Å². The van der Waals surface area contributed by atoms with Crippen molar-refractivity contribution >= 4 is 17.9 Å². The highest BCUT2D eigenvalue weighted by molar-refractivity contribution is 5.90. The summed E-state index contributed by atoms with van der Waals surface area (Å²) < 4.78 is 17.6. The van der Waals surface area contributed by atoms with Crippen LogP contribution < -0.4 is 0 Å². The summed E-state index contributed by atoms with van der Waals surface area (Å²) in [5.74, 6) is 1.30. The Labute approximate surface area is 249 Å². The van der Waals surface area contributed by atoms with Crippen molar-refractivity contribution in [2.24, 2.45) is 46.8 Å². The first kappa shape index (κ1) is 28.9. The Kier molecular flexibility index (Phi) is 8.17. The van der Waals surface area contributed by atoms with Crippen LogP contribution in [0, 0.1) is 46.8 Å². The second-order valence-corrected chi connectivity index (χ2v) is 13.6. The molecule has 2 aromatic carbocycles. The molecular formula is C36H44O6. The number of fused-ring (bicyclic) bond motifs is 5. The van der Waals surface area contributed by atoms with E-state index in [0.29, 0.717) is 34.8 Å². The van der Waals surface area contributed by atoms with Crippen molar-refractivity contribution in [2.75, 3.05) is 7.11 Å². The second kappa shape index (κ2) is 11.9. The lowest BCUT2D eigenvalue weighted by molar-refractivity contribution is -0.155. The van der Waals surface area contributed by atoms with Crippen molar-refractivity contribution in [1.29, 1.82) is 0 Å². The van der Waals surface area contributed by atoms with Crippen LogP contribution in [0.15, 0.2) is 60.7 Å². The van der Waals surface area contributed by atoms with Gasteiger partial charge in [0.05, 0.1) is 24.2 Å². The third-order valence-corrected chi connectivity index (χ3v) is 11.8. The molecule has 42 heavy (non-hydrogen) atoms. The van der Waals surface area contributed by atoms with Crippen LogP contribution in [0.3, 0.4) is 0 Å². The van der Waals surface area contributed by atoms with Gasteiger partial charge in [0.25, 0.3) is 0 Å². The monoisotopic (exact) mass is 572 g/mol. The van der Waals surface area contributed by atoms with Crippen LogP contribution in [0.5, 0.6) is 0 Å². The number of ether oxygens (including phenoxy) is 3. The largest absolute Gasteiger partial charge is 0.469 e. The first-order valence-electron chi connectivity index (χ1n) is 15.9. The van der Waals surface area contributed by atoms with Gasteiger partial charge in [-0.15, -0.1) is 0 Å². The molecule has 6 heteroatoms. The van der Waals surface area contributed by atoms with E-state index in [1.54, 1.807) is 0 Å².